The molecule has 0 aliphatic heterocycles. The maximum atomic E-state index is 12.2. The summed E-state index contributed by atoms with van der Waals surface area (Å²) in [5.41, 5.74) is 3.59. The first-order valence-electron chi connectivity index (χ1n) is 6.76. The molecule has 0 fully saturated rings. The van der Waals surface area contributed by atoms with Crippen molar-refractivity contribution in [2.45, 2.75) is 24.2 Å². The minimum atomic E-state index is 0.185. The Bertz CT molecular complexity index is 651. The van der Waals surface area contributed by atoms with Crippen molar-refractivity contribution in [1.29, 1.82) is 0 Å². The molecule has 0 bridgehead atoms. The zero-order chi connectivity index (χ0) is 13.9. The van der Waals surface area contributed by atoms with Crippen LogP contribution in [0, 0.1) is 0 Å². The van der Waals surface area contributed by atoms with Gasteiger partial charge in [0.05, 0.1) is 5.75 Å². The van der Waals surface area contributed by atoms with Crippen LogP contribution < -0.4 is 0 Å². The van der Waals surface area contributed by atoms with Gasteiger partial charge in [0, 0.05) is 15.5 Å². The first-order chi connectivity index (χ1) is 9.72. The third-order valence-corrected chi connectivity index (χ3v) is 4.82. The van der Waals surface area contributed by atoms with Gasteiger partial charge < -0.3 is 0 Å². The van der Waals surface area contributed by atoms with E-state index in [-0.39, 0.29) is 5.78 Å². The van der Waals surface area contributed by atoms with Gasteiger partial charge in [-0.3, -0.25) is 4.79 Å². The summed E-state index contributed by atoms with van der Waals surface area (Å²) >= 11 is 7.48. The number of fused-ring (bicyclic) bond motifs is 1. The zero-order valence-corrected chi connectivity index (χ0v) is 12.6. The number of thioether (sulfide) groups is 1. The summed E-state index contributed by atoms with van der Waals surface area (Å²) in [5, 5.41) is 0.708. The Morgan fingerprint density at radius 2 is 1.95 bits per heavy atom. The van der Waals surface area contributed by atoms with Crippen LogP contribution in [0.2, 0.25) is 5.02 Å². The summed E-state index contributed by atoms with van der Waals surface area (Å²) in [6, 6.07) is 13.8. The second kappa shape index (κ2) is 6.02. The molecule has 0 radical (unpaired) electrons. The molecule has 3 heteroatoms. The van der Waals surface area contributed by atoms with Gasteiger partial charge in [-0.05, 0) is 54.7 Å². The molecule has 0 N–H and O–H groups in total. The summed E-state index contributed by atoms with van der Waals surface area (Å²) in [4.78, 5) is 13.3. The fourth-order valence-electron chi connectivity index (χ4n) is 2.53. The highest BCUT2D eigenvalue weighted by Crippen LogP contribution is 2.25. The first-order valence-corrected chi connectivity index (χ1v) is 8.12. The molecular weight excluding hydrogens is 288 g/mol. The van der Waals surface area contributed by atoms with Crippen LogP contribution in [0.4, 0.5) is 0 Å². The first kappa shape index (κ1) is 13.7. The summed E-state index contributed by atoms with van der Waals surface area (Å²) in [5.74, 6) is 0.642. The average Bonchev–Trinajstić information content (AvgIpc) is 2.92. The Kier molecular flexibility index (Phi) is 4.13. The van der Waals surface area contributed by atoms with Gasteiger partial charge in [0.1, 0.15) is 0 Å². The van der Waals surface area contributed by atoms with E-state index >= 15 is 0 Å². The van der Waals surface area contributed by atoms with Gasteiger partial charge in [0.15, 0.2) is 5.78 Å². The number of hydrogen-bond donors (Lipinski definition) is 0. The number of carbonyl (C=O) groups excluding carboxylic acids is 1. The van der Waals surface area contributed by atoms with Crippen molar-refractivity contribution in [3.05, 3.63) is 64.2 Å². The van der Waals surface area contributed by atoms with Gasteiger partial charge in [-0.2, -0.15) is 0 Å². The van der Waals surface area contributed by atoms with Gasteiger partial charge in [-0.25, -0.2) is 0 Å². The number of Topliss-reactive ketones (excluding diaryl/α,β-unsaturated/α-hetero) is 1. The number of hydrogen-bond acceptors (Lipinski definition) is 2. The highest BCUT2D eigenvalue weighted by Gasteiger charge is 2.14. The SMILES string of the molecule is O=C(CSc1cccc(Cl)c1)c1ccc2c(c1)CCC2. The molecule has 1 aliphatic rings. The summed E-state index contributed by atoms with van der Waals surface area (Å²) in [7, 11) is 0. The summed E-state index contributed by atoms with van der Waals surface area (Å²) in [6.45, 7) is 0. The molecule has 2 aromatic carbocycles. The predicted molar refractivity (Wildman–Crippen MR) is 85.0 cm³/mol. The molecule has 0 aromatic heterocycles. The monoisotopic (exact) mass is 302 g/mol. The molecule has 0 amide bonds. The highest BCUT2D eigenvalue weighted by molar-refractivity contribution is 8.00. The second-order valence-corrected chi connectivity index (χ2v) is 6.49. The Morgan fingerprint density at radius 3 is 2.80 bits per heavy atom. The van der Waals surface area contributed by atoms with E-state index < -0.39 is 0 Å². The molecule has 0 spiro atoms. The van der Waals surface area contributed by atoms with Crippen LogP contribution in [-0.2, 0) is 12.8 Å². The Hall–Kier alpha value is -1.25. The minimum absolute atomic E-state index is 0.185. The molecule has 20 heavy (non-hydrogen) atoms. The van der Waals surface area contributed by atoms with Crippen molar-refractivity contribution in [3.63, 3.8) is 0 Å². The van der Waals surface area contributed by atoms with E-state index in [2.05, 4.69) is 12.1 Å². The summed E-state index contributed by atoms with van der Waals surface area (Å²) in [6.07, 6.45) is 3.48. The van der Waals surface area contributed by atoms with Gasteiger partial charge in [0.25, 0.3) is 0 Å². The highest BCUT2D eigenvalue weighted by atomic mass is 35.5. The van der Waals surface area contributed by atoms with Crippen molar-refractivity contribution in [2.75, 3.05) is 5.75 Å². The number of ketones is 1. The van der Waals surface area contributed by atoms with E-state index in [1.807, 2.05) is 30.3 Å². The molecular formula is C17H15ClOS. The smallest absolute Gasteiger partial charge is 0.173 e. The summed E-state index contributed by atoms with van der Waals surface area (Å²) < 4.78 is 0. The second-order valence-electron chi connectivity index (χ2n) is 5.01. The topological polar surface area (TPSA) is 17.1 Å². The number of aryl methyl sites for hydroxylation is 2. The van der Waals surface area contributed by atoms with Gasteiger partial charge in [-0.1, -0.05) is 29.8 Å². The number of rotatable bonds is 4. The van der Waals surface area contributed by atoms with E-state index in [4.69, 9.17) is 11.6 Å². The molecule has 0 heterocycles. The van der Waals surface area contributed by atoms with Crippen LogP contribution >= 0.6 is 23.4 Å². The lowest BCUT2D eigenvalue weighted by atomic mass is 10.0. The van der Waals surface area contributed by atoms with Crippen molar-refractivity contribution in [1.82, 2.24) is 0 Å². The maximum Gasteiger partial charge on any atom is 0.173 e. The molecule has 1 aliphatic carbocycles. The predicted octanol–water partition coefficient (Wildman–Crippen LogP) is 4.80. The van der Waals surface area contributed by atoms with Crippen LogP contribution in [0.15, 0.2) is 47.4 Å². The van der Waals surface area contributed by atoms with Crippen LogP contribution in [0.25, 0.3) is 0 Å². The van der Waals surface area contributed by atoms with E-state index in [0.29, 0.717) is 10.8 Å². The van der Waals surface area contributed by atoms with Crippen molar-refractivity contribution >= 4 is 29.1 Å². The lowest BCUT2D eigenvalue weighted by Crippen LogP contribution is -2.03. The average molecular weight is 303 g/mol. The van der Waals surface area contributed by atoms with Gasteiger partial charge in [-0.15, -0.1) is 11.8 Å². The molecule has 0 saturated carbocycles. The molecule has 1 nitrogen and oxygen atoms in total. The minimum Gasteiger partial charge on any atom is -0.293 e. The molecule has 0 unspecified atom stereocenters. The molecule has 0 saturated heterocycles. The molecule has 2 aromatic rings. The lowest BCUT2D eigenvalue weighted by Gasteiger charge is -2.05. The molecule has 3 rings (SSSR count). The van der Waals surface area contributed by atoms with E-state index in [0.717, 1.165) is 23.3 Å². The van der Waals surface area contributed by atoms with Gasteiger partial charge >= 0.3 is 0 Å². The van der Waals surface area contributed by atoms with Crippen molar-refractivity contribution in [2.24, 2.45) is 0 Å². The number of benzene rings is 2. The zero-order valence-electron chi connectivity index (χ0n) is 11.1. The van der Waals surface area contributed by atoms with Gasteiger partial charge in [0.2, 0.25) is 0 Å². The standard InChI is InChI=1S/C17H15ClOS/c18-15-5-2-6-16(10-15)20-11-17(19)14-8-7-12-3-1-4-13(12)9-14/h2,5-10H,1,3-4,11H2. The van der Waals surface area contributed by atoms with E-state index in [1.54, 1.807) is 0 Å². The molecule has 0 atom stereocenters. The fraction of sp³-hybridized carbons (Fsp3) is 0.235. The third-order valence-electron chi connectivity index (χ3n) is 3.59. The molecule has 102 valence electrons. The lowest BCUT2D eigenvalue weighted by molar-refractivity contribution is 0.102. The quantitative estimate of drug-likeness (QED) is 0.596. The Labute approximate surface area is 128 Å². The van der Waals surface area contributed by atoms with Crippen LogP contribution in [0.1, 0.15) is 27.9 Å². The van der Waals surface area contributed by atoms with Crippen molar-refractivity contribution < 1.29 is 4.79 Å². The normalized spacial score (nSPS) is 13.2. The number of halogens is 1. The Balaban J connectivity index is 1.67. The van der Waals surface area contributed by atoms with Crippen LogP contribution in [0.3, 0.4) is 0 Å². The maximum absolute atomic E-state index is 12.2. The van der Waals surface area contributed by atoms with Crippen LogP contribution in [-0.4, -0.2) is 11.5 Å². The fourth-order valence-corrected chi connectivity index (χ4v) is 3.64. The van der Waals surface area contributed by atoms with Crippen molar-refractivity contribution in [3.8, 4) is 0 Å². The van der Waals surface area contributed by atoms with E-state index in [9.17, 15) is 4.79 Å². The Morgan fingerprint density at radius 1 is 1.10 bits per heavy atom. The van der Waals surface area contributed by atoms with E-state index in [1.165, 1.54) is 29.3 Å². The van der Waals surface area contributed by atoms with Crippen LogP contribution in [0.5, 0.6) is 0 Å². The number of carbonyl (C=O) groups is 1. The third kappa shape index (κ3) is 3.08. The largest absolute Gasteiger partial charge is 0.293 e.